The van der Waals surface area contributed by atoms with Crippen molar-refractivity contribution in [1.29, 1.82) is 0 Å². The number of carbonyl (C=O) groups is 1. The molecule has 1 aliphatic heterocycles. The van der Waals surface area contributed by atoms with Gasteiger partial charge in [0, 0.05) is 18.2 Å². The molecule has 4 nitrogen and oxygen atoms in total. The second-order valence-corrected chi connectivity index (χ2v) is 4.18. The van der Waals surface area contributed by atoms with Crippen LogP contribution in [-0.2, 0) is 17.6 Å². The standard InChI is InChI=1S/C11H16N2O2/c1-8-3-2-4-10-9(5-6-11(14)15)12-7-13(8)10/h7-8H,2-6H2,1H3,(H,14,15). The maximum Gasteiger partial charge on any atom is 0.303 e. The van der Waals surface area contributed by atoms with E-state index in [1.807, 2.05) is 6.33 Å². The normalized spacial score (nSPS) is 19.9. The van der Waals surface area contributed by atoms with Gasteiger partial charge in [-0.2, -0.15) is 0 Å². The van der Waals surface area contributed by atoms with Gasteiger partial charge < -0.3 is 9.67 Å². The van der Waals surface area contributed by atoms with Gasteiger partial charge in [0.1, 0.15) is 0 Å². The van der Waals surface area contributed by atoms with Gasteiger partial charge in [-0.25, -0.2) is 4.98 Å². The average Bonchev–Trinajstić information content (AvgIpc) is 2.59. The van der Waals surface area contributed by atoms with E-state index in [4.69, 9.17) is 5.11 Å². The molecular weight excluding hydrogens is 192 g/mol. The van der Waals surface area contributed by atoms with Crippen LogP contribution >= 0.6 is 0 Å². The number of carboxylic acid groups (broad SMARTS) is 1. The van der Waals surface area contributed by atoms with E-state index < -0.39 is 5.97 Å². The Bertz CT molecular complexity index is 371. The van der Waals surface area contributed by atoms with Gasteiger partial charge in [-0.1, -0.05) is 0 Å². The van der Waals surface area contributed by atoms with E-state index in [9.17, 15) is 4.79 Å². The fourth-order valence-electron chi connectivity index (χ4n) is 2.22. The van der Waals surface area contributed by atoms with Crippen LogP contribution in [0.4, 0.5) is 0 Å². The lowest BCUT2D eigenvalue weighted by molar-refractivity contribution is -0.136. The van der Waals surface area contributed by atoms with E-state index in [0.717, 1.165) is 12.1 Å². The maximum atomic E-state index is 10.5. The summed E-state index contributed by atoms with van der Waals surface area (Å²) in [6.45, 7) is 2.19. The number of carboxylic acids is 1. The molecule has 0 spiro atoms. The van der Waals surface area contributed by atoms with Gasteiger partial charge in [-0.15, -0.1) is 0 Å². The molecular formula is C11H16N2O2. The number of aromatic nitrogens is 2. The van der Waals surface area contributed by atoms with Crippen LogP contribution in [0.3, 0.4) is 0 Å². The van der Waals surface area contributed by atoms with Gasteiger partial charge in [0.05, 0.1) is 18.4 Å². The third-order valence-corrected chi connectivity index (χ3v) is 3.07. The molecule has 0 aliphatic carbocycles. The Morgan fingerprint density at radius 3 is 3.27 bits per heavy atom. The molecule has 0 saturated carbocycles. The second kappa shape index (κ2) is 4.04. The minimum atomic E-state index is -0.749. The smallest absolute Gasteiger partial charge is 0.303 e. The van der Waals surface area contributed by atoms with Crippen LogP contribution in [0.5, 0.6) is 0 Å². The van der Waals surface area contributed by atoms with Crippen molar-refractivity contribution in [3.05, 3.63) is 17.7 Å². The zero-order chi connectivity index (χ0) is 10.8. The summed E-state index contributed by atoms with van der Waals surface area (Å²) in [6.07, 6.45) is 6.02. The van der Waals surface area contributed by atoms with Crippen molar-refractivity contribution in [2.75, 3.05) is 0 Å². The van der Waals surface area contributed by atoms with Crippen molar-refractivity contribution in [2.45, 2.75) is 45.1 Å². The molecule has 82 valence electrons. The first kappa shape index (κ1) is 10.2. The first-order valence-electron chi connectivity index (χ1n) is 5.45. The van der Waals surface area contributed by atoms with Crippen LogP contribution in [0.25, 0.3) is 0 Å². The summed E-state index contributed by atoms with van der Waals surface area (Å²) < 4.78 is 2.20. The Morgan fingerprint density at radius 1 is 1.73 bits per heavy atom. The molecule has 15 heavy (non-hydrogen) atoms. The van der Waals surface area contributed by atoms with Crippen molar-refractivity contribution in [2.24, 2.45) is 0 Å². The van der Waals surface area contributed by atoms with E-state index in [1.165, 1.54) is 18.5 Å². The molecule has 1 unspecified atom stereocenters. The summed E-state index contributed by atoms with van der Waals surface area (Å²) >= 11 is 0. The molecule has 1 aromatic rings. The quantitative estimate of drug-likeness (QED) is 0.824. The van der Waals surface area contributed by atoms with Crippen LogP contribution in [0.15, 0.2) is 6.33 Å². The monoisotopic (exact) mass is 208 g/mol. The summed E-state index contributed by atoms with van der Waals surface area (Å²) in [4.78, 5) is 14.8. The molecule has 2 heterocycles. The number of nitrogens with zero attached hydrogens (tertiary/aromatic N) is 2. The van der Waals surface area contributed by atoms with Crippen LogP contribution in [0.2, 0.25) is 0 Å². The van der Waals surface area contributed by atoms with Crippen molar-refractivity contribution in [3.8, 4) is 0 Å². The van der Waals surface area contributed by atoms with Gasteiger partial charge in [0.2, 0.25) is 0 Å². The predicted molar refractivity (Wildman–Crippen MR) is 55.8 cm³/mol. The number of hydrogen-bond acceptors (Lipinski definition) is 2. The lowest BCUT2D eigenvalue weighted by atomic mass is 10.0. The largest absolute Gasteiger partial charge is 0.481 e. The molecule has 2 rings (SSSR count). The van der Waals surface area contributed by atoms with Gasteiger partial charge in [-0.3, -0.25) is 4.79 Å². The lowest BCUT2D eigenvalue weighted by Crippen LogP contribution is -2.15. The van der Waals surface area contributed by atoms with Crippen molar-refractivity contribution in [1.82, 2.24) is 9.55 Å². The number of rotatable bonds is 3. The number of hydrogen-bond donors (Lipinski definition) is 1. The summed E-state index contributed by atoms with van der Waals surface area (Å²) in [7, 11) is 0. The van der Waals surface area contributed by atoms with E-state index in [0.29, 0.717) is 12.5 Å². The SMILES string of the molecule is CC1CCCc2c(CCC(=O)O)ncn21. The molecule has 0 bridgehead atoms. The van der Waals surface area contributed by atoms with Crippen LogP contribution < -0.4 is 0 Å². The minimum Gasteiger partial charge on any atom is -0.481 e. The fourth-order valence-corrected chi connectivity index (χ4v) is 2.22. The third-order valence-electron chi connectivity index (χ3n) is 3.07. The Kier molecular flexibility index (Phi) is 2.75. The molecule has 0 saturated heterocycles. The summed E-state index contributed by atoms with van der Waals surface area (Å²) in [5, 5.41) is 8.63. The van der Waals surface area contributed by atoms with E-state index in [2.05, 4.69) is 16.5 Å². The highest BCUT2D eigenvalue weighted by atomic mass is 16.4. The predicted octanol–water partition coefficient (Wildman–Crippen LogP) is 1.80. The fraction of sp³-hybridized carbons (Fsp3) is 0.636. The molecule has 4 heteroatoms. The first-order chi connectivity index (χ1) is 7.18. The van der Waals surface area contributed by atoms with Crippen molar-refractivity contribution in [3.63, 3.8) is 0 Å². The van der Waals surface area contributed by atoms with Gasteiger partial charge >= 0.3 is 5.97 Å². The Balaban J connectivity index is 2.16. The number of aliphatic carboxylic acids is 1. The highest BCUT2D eigenvalue weighted by Gasteiger charge is 2.19. The molecule has 1 atom stereocenters. The summed E-state index contributed by atoms with van der Waals surface area (Å²) in [5.41, 5.74) is 2.22. The second-order valence-electron chi connectivity index (χ2n) is 4.18. The third kappa shape index (κ3) is 2.03. The number of aryl methyl sites for hydroxylation is 1. The minimum absolute atomic E-state index is 0.179. The summed E-state index contributed by atoms with van der Waals surface area (Å²) in [6, 6.07) is 0.514. The molecule has 1 aliphatic rings. The van der Waals surface area contributed by atoms with Gasteiger partial charge in [0.15, 0.2) is 0 Å². The number of fused-ring (bicyclic) bond motifs is 1. The highest BCUT2D eigenvalue weighted by molar-refractivity contribution is 5.67. The van der Waals surface area contributed by atoms with Crippen LogP contribution in [0, 0.1) is 0 Å². The molecule has 0 radical (unpaired) electrons. The Hall–Kier alpha value is -1.32. The topological polar surface area (TPSA) is 55.1 Å². The van der Waals surface area contributed by atoms with E-state index >= 15 is 0 Å². The molecule has 1 aromatic heterocycles. The van der Waals surface area contributed by atoms with Crippen molar-refractivity contribution >= 4 is 5.97 Å². The molecule has 0 amide bonds. The molecule has 0 aromatic carbocycles. The zero-order valence-corrected chi connectivity index (χ0v) is 8.94. The highest BCUT2D eigenvalue weighted by Crippen LogP contribution is 2.26. The van der Waals surface area contributed by atoms with Gasteiger partial charge in [0.25, 0.3) is 0 Å². The zero-order valence-electron chi connectivity index (χ0n) is 8.94. The summed E-state index contributed by atoms with van der Waals surface area (Å²) in [5.74, 6) is -0.749. The van der Waals surface area contributed by atoms with Gasteiger partial charge in [-0.05, 0) is 26.2 Å². The molecule has 1 N–H and O–H groups in total. The lowest BCUT2D eigenvalue weighted by Gasteiger charge is -2.22. The average molecular weight is 208 g/mol. The maximum absolute atomic E-state index is 10.5. The molecule has 0 fully saturated rings. The first-order valence-corrected chi connectivity index (χ1v) is 5.45. The van der Waals surface area contributed by atoms with Crippen LogP contribution in [-0.4, -0.2) is 20.6 Å². The van der Waals surface area contributed by atoms with E-state index in [-0.39, 0.29) is 6.42 Å². The number of imidazole rings is 1. The van der Waals surface area contributed by atoms with E-state index in [1.54, 1.807) is 0 Å². The van der Waals surface area contributed by atoms with Crippen LogP contribution in [0.1, 0.15) is 43.6 Å². The Labute approximate surface area is 88.9 Å². The van der Waals surface area contributed by atoms with Crippen molar-refractivity contribution < 1.29 is 9.90 Å². The Morgan fingerprint density at radius 2 is 2.53 bits per heavy atom.